The number of hydrogen-bond acceptors (Lipinski definition) is 2. The second-order valence-corrected chi connectivity index (χ2v) is 5.09. The zero-order chi connectivity index (χ0) is 12.3. The van der Waals surface area contributed by atoms with E-state index in [0.29, 0.717) is 12.5 Å². The molecule has 2 rings (SSSR count). The summed E-state index contributed by atoms with van der Waals surface area (Å²) in [4.78, 5) is 0. The molecule has 0 aliphatic carbocycles. The predicted octanol–water partition coefficient (Wildman–Crippen LogP) is 3.58. The molecule has 0 fully saturated rings. The molecule has 0 spiro atoms. The molecule has 1 heterocycles. The van der Waals surface area contributed by atoms with Gasteiger partial charge in [-0.2, -0.15) is 0 Å². The summed E-state index contributed by atoms with van der Waals surface area (Å²) in [5.41, 5.74) is 3.55. The first-order chi connectivity index (χ1) is 8.22. The molecule has 0 amide bonds. The molecule has 2 unspecified atom stereocenters. The predicted molar refractivity (Wildman–Crippen MR) is 68.6 cm³/mol. The largest absolute Gasteiger partial charge is 0.388 e. The summed E-state index contributed by atoms with van der Waals surface area (Å²) >= 11 is 0. The fraction of sp³-hybridized carbons (Fsp3) is 0.600. The molecule has 1 aliphatic rings. The lowest BCUT2D eigenvalue weighted by atomic mass is 9.91. The van der Waals surface area contributed by atoms with E-state index in [0.717, 1.165) is 18.6 Å². The zero-order valence-corrected chi connectivity index (χ0v) is 10.8. The van der Waals surface area contributed by atoms with Gasteiger partial charge in [0, 0.05) is 0 Å². The average molecular weight is 234 g/mol. The first-order valence-corrected chi connectivity index (χ1v) is 6.60. The summed E-state index contributed by atoms with van der Waals surface area (Å²) in [6.45, 7) is 5.73. The van der Waals surface area contributed by atoms with Crippen molar-refractivity contribution in [2.24, 2.45) is 5.92 Å². The standard InChI is InChI=1S/C15H22O2/c1-3-4-5-11(2)15(16)12-6-7-13-9-17-10-14(13)8-12/h6-8,11,15-16H,3-5,9-10H2,1-2H3. The van der Waals surface area contributed by atoms with Crippen molar-refractivity contribution in [1.82, 2.24) is 0 Å². The van der Waals surface area contributed by atoms with Crippen molar-refractivity contribution in [1.29, 1.82) is 0 Å². The van der Waals surface area contributed by atoms with Gasteiger partial charge in [-0.05, 0) is 29.0 Å². The van der Waals surface area contributed by atoms with E-state index in [4.69, 9.17) is 4.74 Å². The van der Waals surface area contributed by atoms with Crippen molar-refractivity contribution >= 4 is 0 Å². The lowest BCUT2D eigenvalue weighted by Gasteiger charge is -2.19. The van der Waals surface area contributed by atoms with Crippen LogP contribution in [0, 0.1) is 5.92 Å². The summed E-state index contributed by atoms with van der Waals surface area (Å²) in [5, 5.41) is 10.3. The Morgan fingerprint density at radius 1 is 1.29 bits per heavy atom. The second kappa shape index (κ2) is 5.65. The molecular weight excluding hydrogens is 212 g/mol. The van der Waals surface area contributed by atoms with Crippen LogP contribution in [-0.2, 0) is 18.0 Å². The minimum Gasteiger partial charge on any atom is -0.388 e. The van der Waals surface area contributed by atoms with Crippen LogP contribution in [0.25, 0.3) is 0 Å². The van der Waals surface area contributed by atoms with Crippen LogP contribution < -0.4 is 0 Å². The number of benzene rings is 1. The molecule has 0 saturated heterocycles. The van der Waals surface area contributed by atoms with Gasteiger partial charge in [-0.1, -0.05) is 44.9 Å². The lowest BCUT2D eigenvalue weighted by molar-refractivity contribution is 0.111. The zero-order valence-electron chi connectivity index (χ0n) is 10.8. The van der Waals surface area contributed by atoms with Gasteiger partial charge in [-0.25, -0.2) is 0 Å². The lowest BCUT2D eigenvalue weighted by Crippen LogP contribution is -2.09. The van der Waals surface area contributed by atoms with Crippen molar-refractivity contribution in [3.8, 4) is 0 Å². The maximum Gasteiger partial charge on any atom is 0.0815 e. The Kier molecular flexibility index (Phi) is 4.19. The van der Waals surface area contributed by atoms with Crippen LogP contribution in [-0.4, -0.2) is 5.11 Å². The Morgan fingerprint density at radius 2 is 2.06 bits per heavy atom. The topological polar surface area (TPSA) is 29.5 Å². The number of ether oxygens (including phenoxy) is 1. The van der Waals surface area contributed by atoms with Gasteiger partial charge in [-0.3, -0.25) is 0 Å². The van der Waals surface area contributed by atoms with E-state index in [1.807, 2.05) is 6.07 Å². The maximum absolute atomic E-state index is 10.3. The first kappa shape index (κ1) is 12.6. The van der Waals surface area contributed by atoms with Gasteiger partial charge in [0.1, 0.15) is 0 Å². The third kappa shape index (κ3) is 2.88. The Hall–Kier alpha value is -0.860. The van der Waals surface area contributed by atoms with E-state index in [-0.39, 0.29) is 6.10 Å². The summed E-state index contributed by atoms with van der Waals surface area (Å²) in [7, 11) is 0. The van der Waals surface area contributed by atoms with Gasteiger partial charge < -0.3 is 9.84 Å². The van der Waals surface area contributed by atoms with Crippen molar-refractivity contribution in [3.05, 3.63) is 34.9 Å². The number of aliphatic hydroxyl groups is 1. The molecule has 0 saturated carbocycles. The van der Waals surface area contributed by atoms with E-state index < -0.39 is 0 Å². The molecule has 1 N–H and O–H groups in total. The molecule has 17 heavy (non-hydrogen) atoms. The summed E-state index contributed by atoms with van der Waals surface area (Å²) in [6, 6.07) is 6.24. The third-order valence-electron chi connectivity index (χ3n) is 3.64. The van der Waals surface area contributed by atoms with E-state index in [1.54, 1.807) is 0 Å². The Labute approximate surface area is 104 Å². The van der Waals surface area contributed by atoms with Gasteiger partial charge in [0.15, 0.2) is 0 Å². The van der Waals surface area contributed by atoms with Gasteiger partial charge in [-0.15, -0.1) is 0 Å². The molecule has 1 aliphatic heterocycles. The van der Waals surface area contributed by atoms with Crippen LogP contribution in [0.3, 0.4) is 0 Å². The average Bonchev–Trinajstić information content (AvgIpc) is 2.81. The molecule has 2 heteroatoms. The van der Waals surface area contributed by atoms with Crippen LogP contribution in [0.4, 0.5) is 0 Å². The first-order valence-electron chi connectivity index (χ1n) is 6.60. The van der Waals surface area contributed by atoms with Crippen LogP contribution in [0.2, 0.25) is 0 Å². The number of aliphatic hydroxyl groups excluding tert-OH is 1. The number of fused-ring (bicyclic) bond motifs is 1. The fourth-order valence-corrected chi connectivity index (χ4v) is 2.39. The van der Waals surface area contributed by atoms with E-state index in [1.165, 1.54) is 24.0 Å². The highest BCUT2D eigenvalue weighted by molar-refractivity contribution is 5.34. The number of hydrogen-bond donors (Lipinski definition) is 1. The van der Waals surface area contributed by atoms with E-state index >= 15 is 0 Å². The van der Waals surface area contributed by atoms with E-state index in [2.05, 4.69) is 26.0 Å². The van der Waals surface area contributed by atoms with Crippen LogP contribution in [0.5, 0.6) is 0 Å². The Bertz CT molecular complexity index is 373. The highest BCUT2D eigenvalue weighted by Gasteiger charge is 2.18. The number of rotatable bonds is 5. The van der Waals surface area contributed by atoms with Gasteiger partial charge in [0.05, 0.1) is 19.3 Å². The third-order valence-corrected chi connectivity index (χ3v) is 3.64. The maximum atomic E-state index is 10.3. The minimum atomic E-state index is -0.340. The molecule has 2 atom stereocenters. The van der Waals surface area contributed by atoms with Crippen LogP contribution in [0.1, 0.15) is 55.9 Å². The molecule has 0 radical (unpaired) electrons. The summed E-state index contributed by atoms with van der Waals surface area (Å²) < 4.78 is 5.39. The molecule has 1 aromatic rings. The molecule has 2 nitrogen and oxygen atoms in total. The summed E-state index contributed by atoms with van der Waals surface area (Å²) in [6.07, 6.45) is 3.12. The summed E-state index contributed by atoms with van der Waals surface area (Å²) in [5.74, 6) is 0.329. The smallest absolute Gasteiger partial charge is 0.0815 e. The van der Waals surface area contributed by atoms with Crippen LogP contribution >= 0.6 is 0 Å². The van der Waals surface area contributed by atoms with Gasteiger partial charge in [0.2, 0.25) is 0 Å². The monoisotopic (exact) mass is 234 g/mol. The van der Waals surface area contributed by atoms with Crippen molar-refractivity contribution < 1.29 is 9.84 Å². The molecule has 0 bridgehead atoms. The quantitative estimate of drug-likeness (QED) is 0.843. The normalized spacial score (nSPS) is 17.8. The van der Waals surface area contributed by atoms with Crippen molar-refractivity contribution in [3.63, 3.8) is 0 Å². The minimum absolute atomic E-state index is 0.329. The van der Waals surface area contributed by atoms with Crippen molar-refractivity contribution in [2.45, 2.75) is 52.4 Å². The highest BCUT2D eigenvalue weighted by Crippen LogP contribution is 2.29. The van der Waals surface area contributed by atoms with Gasteiger partial charge >= 0.3 is 0 Å². The Morgan fingerprint density at radius 3 is 2.82 bits per heavy atom. The SMILES string of the molecule is CCCCC(C)C(O)c1ccc2c(c1)COC2. The van der Waals surface area contributed by atoms with E-state index in [9.17, 15) is 5.11 Å². The van der Waals surface area contributed by atoms with Crippen molar-refractivity contribution in [2.75, 3.05) is 0 Å². The second-order valence-electron chi connectivity index (χ2n) is 5.09. The van der Waals surface area contributed by atoms with Gasteiger partial charge in [0.25, 0.3) is 0 Å². The molecular formula is C15H22O2. The van der Waals surface area contributed by atoms with Crippen LogP contribution in [0.15, 0.2) is 18.2 Å². The highest BCUT2D eigenvalue weighted by atomic mass is 16.5. The fourth-order valence-electron chi connectivity index (χ4n) is 2.39. The molecule has 0 aromatic heterocycles. The molecule has 94 valence electrons. The number of unbranched alkanes of at least 4 members (excludes halogenated alkanes) is 1. The molecule has 1 aromatic carbocycles. The Balaban J connectivity index is 2.06.